The zero-order valence-electron chi connectivity index (χ0n) is 12.5. The van der Waals surface area contributed by atoms with Gasteiger partial charge in [-0.25, -0.2) is 9.59 Å². The van der Waals surface area contributed by atoms with Crippen LogP contribution in [0.15, 0.2) is 0 Å². The number of ether oxygens (including phenoxy) is 1. The lowest BCUT2D eigenvalue weighted by Gasteiger charge is -2.31. The topological polar surface area (TPSA) is 82.1 Å². The van der Waals surface area contributed by atoms with Crippen molar-refractivity contribution in [1.29, 1.82) is 0 Å². The summed E-state index contributed by atoms with van der Waals surface area (Å²) in [6.07, 6.45) is -0.0470. The smallest absolute Gasteiger partial charge is 0.334 e. The first-order chi connectivity index (χ1) is 9.41. The average molecular weight is 287 g/mol. The van der Waals surface area contributed by atoms with Gasteiger partial charge in [0.25, 0.3) is 0 Å². The third kappa shape index (κ3) is 5.34. The molecule has 7 nitrogen and oxygen atoms in total. The molecule has 1 heterocycles. The summed E-state index contributed by atoms with van der Waals surface area (Å²) in [5.41, 5.74) is 0. The maximum atomic E-state index is 11.9. The maximum absolute atomic E-state index is 11.9. The first-order valence-corrected chi connectivity index (χ1v) is 6.99. The van der Waals surface area contributed by atoms with Crippen LogP contribution < -0.4 is 5.32 Å². The number of aliphatic carboxylic acids is 1. The first-order valence-electron chi connectivity index (χ1n) is 6.99. The largest absolute Gasteiger partial charge is 0.479 e. The number of morpholine rings is 1. The second-order valence-electron chi connectivity index (χ2n) is 5.30. The van der Waals surface area contributed by atoms with Crippen molar-refractivity contribution in [3.8, 4) is 0 Å². The van der Waals surface area contributed by atoms with E-state index in [0.29, 0.717) is 19.1 Å². The zero-order valence-corrected chi connectivity index (χ0v) is 12.5. The molecule has 1 unspecified atom stereocenters. The summed E-state index contributed by atoms with van der Waals surface area (Å²) in [4.78, 5) is 26.4. The number of nitrogens with one attached hydrogen (secondary N) is 1. The molecule has 1 atom stereocenters. The molecule has 20 heavy (non-hydrogen) atoms. The molecule has 0 aromatic rings. The van der Waals surface area contributed by atoms with Crippen LogP contribution in [0.25, 0.3) is 0 Å². The summed E-state index contributed by atoms with van der Waals surface area (Å²) in [6.45, 7) is 6.55. The van der Waals surface area contributed by atoms with Crippen molar-refractivity contribution in [3.63, 3.8) is 0 Å². The minimum Gasteiger partial charge on any atom is -0.479 e. The van der Waals surface area contributed by atoms with E-state index < -0.39 is 12.1 Å². The van der Waals surface area contributed by atoms with E-state index in [0.717, 1.165) is 13.0 Å². The monoisotopic (exact) mass is 287 g/mol. The molecule has 7 heteroatoms. The highest BCUT2D eigenvalue weighted by Crippen LogP contribution is 2.05. The number of carbonyl (C=O) groups excluding carboxylic acids is 1. The highest BCUT2D eigenvalue weighted by molar-refractivity contribution is 5.77. The van der Waals surface area contributed by atoms with Gasteiger partial charge in [0.15, 0.2) is 6.10 Å². The Balaban J connectivity index is 2.24. The Labute approximate surface area is 119 Å². The van der Waals surface area contributed by atoms with E-state index in [1.165, 1.54) is 4.90 Å². The molecule has 0 bridgehead atoms. The van der Waals surface area contributed by atoms with Crippen molar-refractivity contribution in [1.82, 2.24) is 15.1 Å². The molecule has 1 saturated heterocycles. The molecule has 116 valence electrons. The van der Waals surface area contributed by atoms with Crippen LogP contribution in [0.5, 0.6) is 0 Å². The van der Waals surface area contributed by atoms with Crippen LogP contribution in [0.2, 0.25) is 0 Å². The molecular weight excluding hydrogens is 262 g/mol. The molecule has 0 radical (unpaired) electrons. The van der Waals surface area contributed by atoms with Crippen molar-refractivity contribution < 1.29 is 19.4 Å². The summed E-state index contributed by atoms with van der Waals surface area (Å²) in [5, 5.41) is 11.7. The van der Waals surface area contributed by atoms with E-state index in [9.17, 15) is 9.59 Å². The van der Waals surface area contributed by atoms with E-state index in [-0.39, 0.29) is 19.2 Å². The van der Waals surface area contributed by atoms with Gasteiger partial charge in [0, 0.05) is 19.1 Å². The van der Waals surface area contributed by atoms with Gasteiger partial charge in [-0.2, -0.15) is 0 Å². The van der Waals surface area contributed by atoms with Crippen LogP contribution in [0.3, 0.4) is 0 Å². The number of carboxylic acids is 1. The van der Waals surface area contributed by atoms with Gasteiger partial charge >= 0.3 is 12.0 Å². The fraction of sp³-hybridized carbons (Fsp3) is 0.846. The quantitative estimate of drug-likeness (QED) is 0.683. The molecule has 2 N–H and O–H groups in total. The molecule has 0 spiro atoms. The number of carboxylic acid groups (broad SMARTS) is 1. The predicted molar refractivity (Wildman–Crippen MR) is 74.7 cm³/mol. The van der Waals surface area contributed by atoms with Crippen molar-refractivity contribution >= 4 is 12.0 Å². The number of hydrogen-bond acceptors (Lipinski definition) is 4. The number of hydrogen-bond donors (Lipinski definition) is 2. The lowest BCUT2D eigenvalue weighted by atomic mass is 10.3. The second kappa shape index (κ2) is 8.06. The van der Waals surface area contributed by atoms with Gasteiger partial charge in [-0.05, 0) is 33.9 Å². The lowest BCUT2D eigenvalue weighted by molar-refractivity contribution is -0.154. The summed E-state index contributed by atoms with van der Waals surface area (Å²) in [6, 6.07) is 0.271. The zero-order chi connectivity index (χ0) is 15.1. The normalized spacial score (nSPS) is 19.4. The highest BCUT2D eigenvalue weighted by Gasteiger charge is 2.28. The van der Waals surface area contributed by atoms with E-state index in [1.54, 1.807) is 0 Å². The van der Waals surface area contributed by atoms with Gasteiger partial charge in [-0.1, -0.05) is 0 Å². The fourth-order valence-corrected chi connectivity index (χ4v) is 1.88. The van der Waals surface area contributed by atoms with Gasteiger partial charge in [0.05, 0.1) is 13.2 Å². The van der Waals surface area contributed by atoms with Gasteiger partial charge in [0.2, 0.25) is 0 Å². The van der Waals surface area contributed by atoms with Gasteiger partial charge < -0.3 is 25.0 Å². The Kier molecular flexibility index (Phi) is 6.74. The molecular formula is C13H25N3O4. The second-order valence-corrected chi connectivity index (χ2v) is 5.30. The van der Waals surface area contributed by atoms with Crippen molar-refractivity contribution in [3.05, 3.63) is 0 Å². The Morgan fingerprint density at radius 1 is 1.50 bits per heavy atom. The third-order valence-corrected chi connectivity index (χ3v) is 3.47. The van der Waals surface area contributed by atoms with Crippen LogP contribution in [-0.2, 0) is 9.53 Å². The van der Waals surface area contributed by atoms with E-state index in [2.05, 4.69) is 24.1 Å². The number of amides is 2. The maximum Gasteiger partial charge on any atom is 0.334 e. The Morgan fingerprint density at radius 2 is 2.20 bits per heavy atom. The van der Waals surface area contributed by atoms with Gasteiger partial charge in [-0.15, -0.1) is 0 Å². The molecule has 1 fully saturated rings. The van der Waals surface area contributed by atoms with Crippen LogP contribution in [0.4, 0.5) is 4.79 Å². The van der Waals surface area contributed by atoms with Crippen molar-refractivity contribution in [2.45, 2.75) is 32.4 Å². The third-order valence-electron chi connectivity index (χ3n) is 3.47. The number of rotatable bonds is 6. The van der Waals surface area contributed by atoms with Gasteiger partial charge in [0.1, 0.15) is 0 Å². The molecule has 0 aromatic heterocycles. The Bertz CT molecular complexity index is 336. The number of nitrogens with zero attached hydrogens (tertiary/aromatic N) is 2. The first kappa shape index (κ1) is 16.7. The van der Waals surface area contributed by atoms with Crippen LogP contribution in [0, 0.1) is 0 Å². The highest BCUT2D eigenvalue weighted by atomic mass is 16.5. The summed E-state index contributed by atoms with van der Waals surface area (Å²) < 4.78 is 5.08. The fourth-order valence-electron chi connectivity index (χ4n) is 1.88. The SMILES string of the molecule is CC(C)N(C)CCCNC(=O)N1CCOC(C(=O)O)C1. The Hall–Kier alpha value is -1.34. The van der Waals surface area contributed by atoms with Crippen molar-refractivity contribution in [2.24, 2.45) is 0 Å². The number of urea groups is 1. The molecule has 2 amide bonds. The van der Waals surface area contributed by atoms with E-state index in [1.807, 2.05) is 7.05 Å². The van der Waals surface area contributed by atoms with E-state index >= 15 is 0 Å². The van der Waals surface area contributed by atoms with Crippen LogP contribution in [-0.4, -0.2) is 78.9 Å². The summed E-state index contributed by atoms with van der Waals surface area (Å²) in [5.74, 6) is -1.03. The van der Waals surface area contributed by atoms with Crippen molar-refractivity contribution in [2.75, 3.05) is 39.8 Å². The molecule has 0 aliphatic carbocycles. The molecule has 1 aliphatic rings. The molecule has 1 rings (SSSR count). The average Bonchev–Trinajstić information content (AvgIpc) is 2.43. The van der Waals surface area contributed by atoms with Crippen LogP contribution >= 0.6 is 0 Å². The molecule has 1 aliphatic heterocycles. The molecule has 0 saturated carbocycles. The summed E-state index contributed by atoms with van der Waals surface area (Å²) >= 11 is 0. The van der Waals surface area contributed by atoms with Crippen LogP contribution in [0.1, 0.15) is 20.3 Å². The van der Waals surface area contributed by atoms with E-state index in [4.69, 9.17) is 9.84 Å². The standard InChI is InChI=1S/C13H25N3O4/c1-10(2)15(3)6-4-5-14-13(19)16-7-8-20-11(9-16)12(17)18/h10-11H,4-9H2,1-3H3,(H,14,19)(H,17,18). The minimum absolute atomic E-state index is 0.104. The lowest BCUT2D eigenvalue weighted by Crippen LogP contribution is -2.52. The minimum atomic E-state index is -1.03. The van der Waals surface area contributed by atoms with Gasteiger partial charge in [-0.3, -0.25) is 0 Å². The molecule has 0 aromatic carbocycles. The summed E-state index contributed by atoms with van der Waals surface area (Å²) in [7, 11) is 2.05. The Morgan fingerprint density at radius 3 is 2.80 bits per heavy atom. The predicted octanol–water partition coefficient (Wildman–Crippen LogP) is 0.212. The number of carbonyl (C=O) groups is 2.